The molecule has 0 radical (unpaired) electrons. The molecule has 2 aromatic carbocycles. The Labute approximate surface area is 116 Å². The van der Waals surface area contributed by atoms with E-state index in [9.17, 15) is 9.18 Å². The number of halogens is 1. The zero-order chi connectivity index (χ0) is 14.4. The number of anilines is 1. The van der Waals surface area contributed by atoms with Crippen molar-refractivity contribution in [1.29, 1.82) is 0 Å². The third-order valence-electron chi connectivity index (χ3n) is 2.56. The fourth-order valence-electron chi connectivity index (χ4n) is 1.63. The predicted octanol–water partition coefficient (Wildman–Crippen LogP) is 2.39. The lowest BCUT2D eigenvalue weighted by atomic mass is 10.1. The van der Waals surface area contributed by atoms with Crippen LogP contribution >= 0.6 is 0 Å². The summed E-state index contributed by atoms with van der Waals surface area (Å²) in [4.78, 5) is 12.0. The van der Waals surface area contributed by atoms with E-state index in [0.717, 1.165) is 5.56 Å². The van der Waals surface area contributed by atoms with Gasteiger partial charge < -0.3 is 11.1 Å². The number of hydrogen-bond acceptors (Lipinski definition) is 2. The number of hydrogen-bond donors (Lipinski definition) is 2. The molecule has 0 bridgehead atoms. The minimum atomic E-state index is -0.374. The van der Waals surface area contributed by atoms with Gasteiger partial charge in [-0.2, -0.15) is 0 Å². The molecular formula is C16H13FN2O. The molecule has 0 saturated heterocycles. The largest absolute Gasteiger partial charge is 0.322 e. The molecule has 0 saturated carbocycles. The fraction of sp³-hybridized carbons (Fsp3) is 0.0625. The lowest BCUT2D eigenvalue weighted by Gasteiger charge is -2.05. The molecule has 0 spiro atoms. The van der Waals surface area contributed by atoms with Crippen molar-refractivity contribution in [3.63, 3.8) is 0 Å². The van der Waals surface area contributed by atoms with E-state index in [-0.39, 0.29) is 18.3 Å². The quantitative estimate of drug-likeness (QED) is 0.822. The Bertz CT molecular complexity index is 669. The van der Waals surface area contributed by atoms with Gasteiger partial charge in [-0.05, 0) is 42.5 Å². The van der Waals surface area contributed by atoms with Gasteiger partial charge in [0.15, 0.2) is 0 Å². The molecule has 2 aromatic rings. The summed E-state index contributed by atoms with van der Waals surface area (Å²) in [6, 6.07) is 12.5. The summed E-state index contributed by atoms with van der Waals surface area (Å²) in [5.41, 5.74) is 7.10. The summed E-state index contributed by atoms with van der Waals surface area (Å²) in [7, 11) is 0. The highest BCUT2D eigenvalue weighted by Crippen LogP contribution is 2.12. The fourth-order valence-corrected chi connectivity index (χ4v) is 1.63. The molecule has 0 aromatic heterocycles. The second-order valence-electron chi connectivity index (χ2n) is 4.05. The van der Waals surface area contributed by atoms with E-state index in [2.05, 4.69) is 17.2 Å². The van der Waals surface area contributed by atoms with Gasteiger partial charge in [0.2, 0.25) is 0 Å². The topological polar surface area (TPSA) is 55.1 Å². The van der Waals surface area contributed by atoms with Crippen LogP contribution in [-0.4, -0.2) is 12.5 Å². The van der Waals surface area contributed by atoms with E-state index >= 15 is 0 Å². The van der Waals surface area contributed by atoms with Crippen LogP contribution in [0.4, 0.5) is 10.1 Å². The molecule has 4 heteroatoms. The zero-order valence-electron chi connectivity index (χ0n) is 10.7. The van der Waals surface area contributed by atoms with Crippen LogP contribution in [0.15, 0.2) is 48.5 Å². The smallest absolute Gasteiger partial charge is 0.255 e. The summed E-state index contributed by atoms with van der Waals surface area (Å²) in [5.74, 6) is 4.96. The molecule has 20 heavy (non-hydrogen) atoms. The molecule has 0 aliphatic heterocycles. The predicted molar refractivity (Wildman–Crippen MR) is 76.7 cm³/mol. The van der Waals surface area contributed by atoms with Crippen molar-refractivity contribution in [3.8, 4) is 11.8 Å². The van der Waals surface area contributed by atoms with Gasteiger partial charge in [-0.1, -0.05) is 17.9 Å². The molecule has 0 heterocycles. The van der Waals surface area contributed by atoms with Gasteiger partial charge >= 0.3 is 0 Å². The molecule has 0 atom stereocenters. The first-order valence-corrected chi connectivity index (χ1v) is 6.05. The second kappa shape index (κ2) is 6.50. The highest BCUT2D eigenvalue weighted by atomic mass is 19.1. The van der Waals surface area contributed by atoms with Crippen LogP contribution in [0.1, 0.15) is 15.9 Å². The molecule has 0 unspecified atom stereocenters. The average molecular weight is 268 g/mol. The minimum absolute atomic E-state index is 0.284. The van der Waals surface area contributed by atoms with Crippen molar-refractivity contribution >= 4 is 11.6 Å². The number of carbonyl (C=O) groups is 1. The van der Waals surface area contributed by atoms with E-state index in [1.54, 1.807) is 18.2 Å². The van der Waals surface area contributed by atoms with Crippen molar-refractivity contribution in [1.82, 2.24) is 0 Å². The molecule has 2 rings (SSSR count). The van der Waals surface area contributed by atoms with Gasteiger partial charge in [0.25, 0.3) is 5.91 Å². The first-order chi connectivity index (χ1) is 9.69. The number of benzene rings is 2. The van der Waals surface area contributed by atoms with E-state index in [4.69, 9.17) is 5.73 Å². The van der Waals surface area contributed by atoms with Crippen molar-refractivity contribution in [2.24, 2.45) is 5.73 Å². The van der Waals surface area contributed by atoms with Gasteiger partial charge in [-0.15, -0.1) is 0 Å². The Morgan fingerprint density at radius 3 is 2.65 bits per heavy atom. The first kappa shape index (κ1) is 13.8. The molecule has 3 N–H and O–H groups in total. The van der Waals surface area contributed by atoms with E-state index in [0.29, 0.717) is 11.3 Å². The first-order valence-electron chi connectivity index (χ1n) is 6.05. The molecule has 0 fully saturated rings. The van der Waals surface area contributed by atoms with Gasteiger partial charge in [0, 0.05) is 16.8 Å². The van der Waals surface area contributed by atoms with Crippen LogP contribution < -0.4 is 11.1 Å². The highest BCUT2D eigenvalue weighted by Gasteiger charge is 2.06. The number of amides is 1. The molecule has 100 valence electrons. The Morgan fingerprint density at radius 1 is 1.20 bits per heavy atom. The third kappa shape index (κ3) is 3.67. The maximum absolute atomic E-state index is 12.8. The molecule has 0 aliphatic carbocycles. The maximum Gasteiger partial charge on any atom is 0.255 e. The number of carbonyl (C=O) groups excluding carboxylic acids is 1. The molecular weight excluding hydrogens is 255 g/mol. The van der Waals surface area contributed by atoms with Crippen molar-refractivity contribution in [3.05, 3.63) is 65.5 Å². The van der Waals surface area contributed by atoms with E-state index in [1.165, 1.54) is 24.3 Å². The van der Waals surface area contributed by atoms with Gasteiger partial charge in [0.05, 0.1) is 6.54 Å². The summed E-state index contributed by atoms with van der Waals surface area (Å²) >= 11 is 0. The van der Waals surface area contributed by atoms with Crippen LogP contribution in [0.5, 0.6) is 0 Å². The van der Waals surface area contributed by atoms with Crippen LogP contribution in [0.25, 0.3) is 0 Å². The molecule has 0 aliphatic rings. The zero-order valence-corrected chi connectivity index (χ0v) is 10.7. The molecule has 1 amide bonds. The number of nitrogens with two attached hydrogens (primary N) is 1. The van der Waals surface area contributed by atoms with E-state index < -0.39 is 0 Å². The van der Waals surface area contributed by atoms with Crippen LogP contribution in [0.3, 0.4) is 0 Å². The highest BCUT2D eigenvalue weighted by molar-refractivity contribution is 6.04. The van der Waals surface area contributed by atoms with Gasteiger partial charge in [-0.25, -0.2) is 4.39 Å². The second-order valence-corrected chi connectivity index (χ2v) is 4.05. The normalized spacial score (nSPS) is 9.50. The Balaban J connectivity index is 2.13. The Kier molecular flexibility index (Phi) is 4.48. The lowest BCUT2D eigenvalue weighted by Crippen LogP contribution is -2.11. The van der Waals surface area contributed by atoms with Crippen molar-refractivity contribution in [2.45, 2.75) is 0 Å². The number of nitrogens with one attached hydrogen (secondary N) is 1. The maximum atomic E-state index is 12.8. The Hall–Kier alpha value is -2.64. The molecule has 3 nitrogen and oxygen atoms in total. The summed E-state index contributed by atoms with van der Waals surface area (Å²) in [6.45, 7) is 0.284. The average Bonchev–Trinajstić information content (AvgIpc) is 2.46. The van der Waals surface area contributed by atoms with Gasteiger partial charge in [0.1, 0.15) is 5.82 Å². The van der Waals surface area contributed by atoms with Crippen LogP contribution in [0.2, 0.25) is 0 Å². The lowest BCUT2D eigenvalue weighted by molar-refractivity contribution is 0.102. The Morgan fingerprint density at radius 2 is 1.95 bits per heavy atom. The van der Waals surface area contributed by atoms with Crippen LogP contribution in [0, 0.1) is 17.7 Å². The third-order valence-corrected chi connectivity index (χ3v) is 2.56. The van der Waals surface area contributed by atoms with Gasteiger partial charge in [-0.3, -0.25) is 4.79 Å². The standard InChI is InChI=1S/C16H13FN2O/c17-14-8-6-13(7-9-14)16(20)19-15-5-1-3-12(11-15)4-2-10-18/h1,3,5-9,11H,10,18H2,(H,19,20). The van der Waals surface area contributed by atoms with Crippen LogP contribution in [-0.2, 0) is 0 Å². The summed E-state index contributed by atoms with van der Waals surface area (Å²) in [6.07, 6.45) is 0. The van der Waals surface area contributed by atoms with Crippen molar-refractivity contribution < 1.29 is 9.18 Å². The minimum Gasteiger partial charge on any atom is -0.322 e. The monoisotopic (exact) mass is 268 g/mol. The SMILES string of the molecule is NCC#Cc1cccc(NC(=O)c2ccc(F)cc2)c1. The van der Waals surface area contributed by atoms with E-state index in [1.807, 2.05) is 6.07 Å². The van der Waals surface area contributed by atoms with Crippen molar-refractivity contribution in [2.75, 3.05) is 11.9 Å². The summed E-state index contributed by atoms with van der Waals surface area (Å²) in [5, 5.41) is 2.73. The number of rotatable bonds is 2. The summed E-state index contributed by atoms with van der Waals surface area (Å²) < 4.78 is 12.8.